The normalized spacial score (nSPS) is 21.1. The van der Waals surface area contributed by atoms with Gasteiger partial charge >= 0.3 is 0 Å². The Hall–Kier alpha value is -2.53. The van der Waals surface area contributed by atoms with Crippen LogP contribution >= 0.6 is 0 Å². The minimum Gasteiger partial charge on any atom is -0.486 e. The number of aryl methyl sites for hydroxylation is 2. The first kappa shape index (κ1) is 17.9. The third kappa shape index (κ3) is 4.08. The fourth-order valence-corrected chi connectivity index (χ4v) is 4.26. The highest BCUT2D eigenvalue weighted by molar-refractivity contribution is 5.91. The average Bonchev–Trinajstić information content (AvgIpc) is 3.08. The summed E-state index contributed by atoms with van der Waals surface area (Å²) in [5.74, 6) is 1.71. The Morgan fingerprint density at radius 2 is 1.81 bits per heavy atom. The van der Waals surface area contributed by atoms with E-state index < -0.39 is 0 Å². The number of amides is 1. The molecule has 5 heteroatoms. The third-order valence-corrected chi connectivity index (χ3v) is 5.35. The zero-order chi connectivity index (χ0) is 18.8. The van der Waals surface area contributed by atoms with E-state index in [1.807, 2.05) is 32.0 Å². The standard InChI is InChI=1S/C22H26N2O3/c1-15-10-16(2)12-18(11-15)23-22(25)14-24-7-3-4-19(24)17-5-6-20-21(13-17)27-9-8-26-20/h5-6,10-13,19H,3-4,7-9,14H2,1-2H3,(H,23,25)/p+1/t19-/m1/s1. The maximum Gasteiger partial charge on any atom is 0.279 e. The van der Waals surface area contributed by atoms with Crippen molar-refractivity contribution >= 4 is 11.6 Å². The van der Waals surface area contributed by atoms with Crippen LogP contribution in [0, 0.1) is 13.8 Å². The van der Waals surface area contributed by atoms with Crippen LogP contribution in [0.4, 0.5) is 5.69 Å². The summed E-state index contributed by atoms with van der Waals surface area (Å²) in [7, 11) is 0. The van der Waals surface area contributed by atoms with Gasteiger partial charge in [-0.1, -0.05) is 6.07 Å². The smallest absolute Gasteiger partial charge is 0.279 e. The van der Waals surface area contributed by atoms with E-state index in [4.69, 9.17) is 9.47 Å². The number of likely N-dealkylation sites (tertiary alicyclic amines) is 1. The van der Waals surface area contributed by atoms with Crippen molar-refractivity contribution in [2.24, 2.45) is 0 Å². The van der Waals surface area contributed by atoms with Gasteiger partial charge in [-0.2, -0.15) is 0 Å². The molecule has 5 nitrogen and oxygen atoms in total. The number of hydrogen-bond donors (Lipinski definition) is 2. The molecule has 4 rings (SSSR count). The fraction of sp³-hybridized carbons (Fsp3) is 0.409. The van der Waals surface area contributed by atoms with Crippen LogP contribution in [0.15, 0.2) is 36.4 Å². The third-order valence-electron chi connectivity index (χ3n) is 5.35. The van der Waals surface area contributed by atoms with Crippen molar-refractivity contribution in [2.75, 3.05) is 31.6 Å². The number of nitrogens with one attached hydrogen (secondary N) is 2. The Bertz CT molecular complexity index is 829. The molecule has 0 spiro atoms. The number of quaternary nitrogens is 1. The van der Waals surface area contributed by atoms with E-state index in [0.29, 0.717) is 25.8 Å². The molecule has 1 fully saturated rings. The van der Waals surface area contributed by atoms with Crippen molar-refractivity contribution < 1.29 is 19.2 Å². The van der Waals surface area contributed by atoms with Crippen LogP contribution in [0.5, 0.6) is 11.5 Å². The Morgan fingerprint density at radius 3 is 2.59 bits per heavy atom. The van der Waals surface area contributed by atoms with Crippen molar-refractivity contribution in [3.05, 3.63) is 53.1 Å². The van der Waals surface area contributed by atoms with Gasteiger partial charge < -0.3 is 19.7 Å². The maximum absolute atomic E-state index is 12.6. The van der Waals surface area contributed by atoms with Gasteiger partial charge in [0.15, 0.2) is 18.0 Å². The SMILES string of the molecule is Cc1cc(C)cc(NC(=O)C[NH+]2CCC[C@@H]2c2ccc3c(c2)OCCO3)c1. The summed E-state index contributed by atoms with van der Waals surface area (Å²) in [6.07, 6.45) is 2.22. The zero-order valence-electron chi connectivity index (χ0n) is 16.0. The molecule has 2 N–H and O–H groups in total. The van der Waals surface area contributed by atoms with Crippen LogP contribution in [-0.2, 0) is 4.79 Å². The average molecular weight is 367 g/mol. The second-order valence-corrected chi connectivity index (χ2v) is 7.61. The van der Waals surface area contributed by atoms with Crippen molar-refractivity contribution in [2.45, 2.75) is 32.7 Å². The molecule has 0 aliphatic carbocycles. The minimum absolute atomic E-state index is 0.0689. The van der Waals surface area contributed by atoms with E-state index in [-0.39, 0.29) is 5.91 Å². The number of hydrogen-bond acceptors (Lipinski definition) is 3. The van der Waals surface area contributed by atoms with E-state index in [2.05, 4.69) is 23.5 Å². The second kappa shape index (κ2) is 7.61. The topological polar surface area (TPSA) is 52.0 Å². The van der Waals surface area contributed by atoms with Gasteiger partial charge in [0.25, 0.3) is 5.91 Å². The van der Waals surface area contributed by atoms with Gasteiger partial charge in [0, 0.05) is 24.1 Å². The molecule has 0 bridgehead atoms. The van der Waals surface area contributed by atoms with Crippen LogP contribution in [0.1, 0.15) is 35.6 Å². The van der Waals surface area contributed by atoms with Gasteiger partial charge in [0.1, 0.15) is 19.3 Å². The maximum atomic E-state index is 12.6. The van der Waals surface area contributed by atoms with Crippen molar-refractivity contribution in [1.29, 1.82) is 0 Å². The predicted octanol–water partition coefficient (Wildman–Crippen LogP) is 2.43. The fourth-order valence-electron chi connectivity index (χ4n) is 4.26. The first-order valence-electron chi connectivity index (χ1n) is 9.71. The summed E-state index contributed by atoms with van der Waals surface area (Å²) in [6.45, 7) is 6.78. The zero-order valence-corrected chi connectivity index (χ0v) is 16.0. The Kier molecular flexibility index (Phi) is 5.03. The molecule has 2 atom stereocenters. The molecule has 1 unspecified atom stereocenters. The molecular formula is C22H27N2O3+. The van der Waals surface area contributed by atoms with Crippen LogP contribution < -0.4 is 19.7 Å². The molecule has 1 saturated heterocycles. The summed E-state index contributed by atoms with van der Waals surface area (Å²) in [5.41, 5.74) is 4.43. The van der Waals surface area contributed by atoms with Crippen LogP contribution in [-0.4, -0.2) is 32.2 Å². The van der Waals surface area contributed by atoms with Crippen molar-refractivity contribution in [1.82, 2.24) is 0 Å². The number of rotatable bonds is 4. The number of ether oxygens (including phenoxy) is 2. The molecule has 2 heterocycles. The number of carbonyl (C=O) groups excluding carboxylic acids is 1. The van der Waals surface area contributed by atoms with Crippen LogP contribution in [0.3, 0.4) is 0 Å². The minimum atomic E-state index is 0.0689. The van der Waals surface area contributed by atoms with Gasteiger partial charge in [-0.3, -0.25) is 4.79 Å². The molecule has 142 valence electrons. The molecule has 0 aromatic heterocycles. The first-order valence-corrected chi connectivity index (χ1v) is 9.71. The molecular weight excluding hydrogens is 340 g/mol. The highest BCUT2D eigenvalue weighted by Gasteiger charge is 2.32. The first-order chi connectivity index (χ1) is 13.1. The lowest BCUT2D eigenvalue weighted by molar-refractivity contribution is -0.910. The van der Waals surface area contributed by atoms with E-state index in [1.165, 1.54) is 10.5 Å². The number of fused-ring (bicyclic) bond motifs is 1. The van der Waals surface area contributed by atoms with E-state index >= 15 is 0 Å². The molecule has 0 radical (unpaired) electrons. The van der Waals surface area contributed by atoms with Crippen molar-refractivity contribution in [3.8, 4) is 11.5 Å². The summed E-state index contributed by atoms with van der Waals surface area (Å²) in [4.78, 5) is 13.9. The largest absolute Gasteiger partial charge is 0.486 e. The predicted molar refractivity (Wildman–Crippen MR) is 105 cm³/mol. The molecule has 1 amide bonds. The number of carbonyl (C=O) groups is 1. The van der Waals surface area contributed by atoms with E-state index in [0.717, 1.165) is 47.7 Å². The lowest BCUT2D eigenvalue weighted by atomic mass is 10.0. The lowest BCUT2D eigenvalue weighted by Gasteiger charge is -2.24. The summed E-state index contributed by atoms with van der Waals surface area (Å²) >= 11 is 0. The molecule has 2 aromatic rings. The van der Waals surface area contributed by atoms with E-state index in [1.54, 1.807) is 0 Å². The van der Waals surface area contributed by atoms with Gasteiger partial charge in [-0.25, -0.2) is 0 Å². The summed E-state index contributed by atoms with van der Waals surface area (Å²) in [5, 5.41) is 3.07. The van der Waals surface area contributed by atoms with Gasteiger partial charge in [0.2, 0.25) is 0 Å². The highest BCUT2D eigenvalue weighted by Crippen LogP contribution is 2.33. The summed E-state index contributed by atoms with van der Waals surface area (Å²) < 4.78 is 11.4. The lowest BCUT2D eigenvalue weighted by Crippen LogP contribution is -3.11. The Labute approximate surface area is 160 Å². The highest BCUT2D eigenvalue weighted by atomic mass is 16.6. The second-order valence-electron chi connectivity index (χ2n) is 7.61. The monoisotopic (exact) mass is 367 g/mol. The molecule has 2 aliphatic rings. The quantitative estimate of drug-likeness (QED) is 0.873. The van der Waals surface area contributed by atoms with Gasteiger partial charge in [-0.05, 0) is 55.3 Å². The van der Waals surface area contributed by atoms with Crippen LogP contribution in [0.25, 0.3) is 0 Å². The van der Waals surface area contributed by atoms with Gasteiger partial charge in [-0.15, -0.1) is 0 Å². The Morgan fingerprint density at radius 1 is 1.07 bits per heavy atom. The molecule has 2 aromatic carbocycles. The molecule has 2 aliphatic heterocycles. The number of benzene rings is 2. The van der Waals surface area contributed by atoms with E-state index in [9.17, 15) is 4.79 Å². The molecule has 0 saturated carbocycles. The van der Waals surface area contributed by atoms with Crippen molar-refractivity contribution in [3.63, 3.8) is 0 Å². The Balaban J connectivity index is 1.44. The molecule has 27 heavy (non-hydrogen) atoms. The van der Waals surface area contributed by atoms with Crippen LogP contribution in [0.2, 0.25) is 0 Å². The summed E-state index contributed by atoms with van der Waals surface area (Å²) in [6, 6.07) is 12.7. The number of anilines is 1. The van der Waals surface area contributed by atoms with Gasteiger partial charge in [0.05, 0.1) is 6.54 Å².